The lowest BCUT2D eigenvalue weighted by molar-refractivity contribution is -0.263. The van der Waals surface area contributed by atoms with E-state index in [1.165, 1.54) is 0 Å². The summed E-state index contributed by atoms with van der Waals surface area (Å²) in [6.45, 7) is 10.1. The van der Waals surface area contributed by atoms with Gasteiger partial charge in [-0.05, 0) is 78.9 Å². The number of allylic oxidation sites excluding steroid dienone is 2. The minimum absolute atomic E-state index is 0.0292. The Labute approximate surface area is 239 Å². The first-order chi connectivity index (χ1) is 18.4. The third-order valence-corrected chi connectivity index (χ3v) is 12.7. The molecule has 0 spiro atoms. The van der Waals surface area contributed by atoms with Gasteiger partial charge in [-0.15, -0.1) is 0 Å². The van der Waals surface area contributed by atoms with Crippen molar-refractivity contribution in [1.82, 2.24) is 5.32 Å². The molecule has 10 heteroatoms. The number of aliphatic hydroxyl groups excluding tert-OH is 3. The van der Waals surface area contributed by atoms with Gasteiger partial charge in [-0.2, -0.15) is 8.42 Å². The van der Waals surface area contributed by atoms with Crippen LogP contribution in [-0.4, -0.2) is 75.5 Å². The van der Waals surface area contributed by atoms with Crippen molar-refractivity contribution in [3.05, 3.63) is 12.2 Å². The molecule has 0 aromatic heterocycles. The van der Waals surface area contributed by atoms with Crippen molar-refractivity contribution < 1.29 is 38.2 Å². The fraction of sp³-hybridized carbons (Fsp3) is 0.900. The van der Waals surface area contributed by atoms with Crippen LogP contribution in [-0.2, 0) is 14.9 Å². The maximum absolute atomic E-state index is 12.5. The van der Waals surface area contributed by atoms with Crippen LogP contribution in [0.5, 0.6) is 0 Å². The van der Waals surface area contributed by atoms with Gasteiger partial charge < -0.3 is 25.7 Å². The maximum atomic E-state index is 12.5. The van der Waals surface area contributed by atoms with E-state index < -0.39 is 45.7 Å². The van der Waals surface area contributed by atoms with Crippen LogP contribution >= 0.6 is 0 Å². The van der Waals surface area contributed by atoms with E-state index in [9.17, 15) is 33.6 Å². The van der Waals surface area contributed by atoms with Crippen molar-refractivity contribution in [2.24, 2.45) is 52.3 Å². The number of rotatable bonds is 8. The average molecular weight is 586 g/mol. The van der Waals surface area contributed by atoms with Crippen molar-refractivity contribution >= 4 is 16.0 Å². The third kappa shape index (κ3) is 5.65. The topological polar surface area (TPSA) is 164 Å². The summed E-state index contributed by atoms with van der Waals surface area (Å²) in [4.78, 5) is 12.5. The van der Waals surface area contributed by atoms with Gasteiger partial charge in [0.05, 0.1) is 29.7 Å². The first-order valence-electron chi connectivity index (χ1n) is 15.1. The molecule has 40 heavy (non-hydrogen) atoms. The molecule has 0 heterocycles. The van der Waals surface area contributed by atoms with E-state index in [2.05, 4.69) is 32.2 Å². The summed E-state index contributed by atoms with van der Waals surface area (Å²) in [6, 6.07) is 0. The Kier molecular flexibility index (Phi) is 8.95. The fourth-order valence-electron chi connectivity index (χ4n) is 9.69. The van der Waals surface area contributed by atoms with Crippen LogP contribution in [0.3, 0.4) is 0 Å². The van der Waals surface area contributed by atoms with Crippen molar-refractivity contribution in [3.8, 4) is 0 Å². The monoisotopic (exact) mass is 585 g/mol. The lowest BCUT2D eigenvalue weighted by atomic mass is 9.42. The highest BCUT2D eigenvalue weighted by atomic mass is 32.2. The molecule has 9 nitrogen and oxygen atoms in total. The molecule has 4 aliphatic carbocycles. The van der Waals surface area contributed by atoms with Gasteiger partial charge in [0, 0.05) is 24.8 Å². The SMILES string of the molecule is C[C@H](/C=C/[C@@H](C)[C@H]1CC(O)C2C3(O)CC(O)C4CC(O)CC[C@]4(C)C3CC[C@@]21C)[C@H](C)C(=O)NCCS(=O)(=O)O. The minimum atomic E-state index is -4.13. The average Bonchev–Trinajstić information content (AvgIpc) is 3.13. The van der Waals surface area contributed by atoms with Crippen LogP contribution < -0.4 is 5.32 Å². The zero-order chi connectivity index (χ0) is 29.8. The van der Waals surface area contributed by atoms with Crippen LogP contribution in [0.4, 0.5) is 0 Å². The fourth-order valence-corrected chi connectivity index (χ4v) is 10.1. The standard InChI is InChI=1S/C30H51NO8S/c1-17(19(3)27(35)31-12-13-40(37,38)39)6-7-18(2)21-15-23(33)26-29(21,5)11-9-25-28(4)10-8-20(32)14-22(28)24(34)16-30(25,26)36/h6-7,17-26,32-34,36H,8-16H2,1-5H3,(H,31,35)(H,37,38,39)/b7-6+/t17-,18-,19+,20?,21-,22?,23?,24?,25?,26?,28+,29-,30?/m1/s1. The molecule has 4 rings (SSSR count). The van der Waals surface area contributed by atoms with Gasteiger partial charge in [-0.1, -0.05) is 46.8 Å². The largest absolute Gasteiger partial charge is 0.393 e. The number of carbonyl (C=O) groups excluding carboxylic acids is 1. The zero-order valence-electron chi connectivity index (χ0n) is 24.7. The summed E-state index contributed by atoms with van der Waals surface area (Å²) in [7, 11) is -4.13. The van der Waals surface area contributed by atoms with E-state index in [1.807, 2.05) is 13.0 Å². The molecular weight excluding hydrogens is 534 g/mol. The molecule has 0 saturated heterocycles. The van der Waals surface area contributed by atoms with Crippen LogP contribution in [0.1, 0.15) is 79.6 Å². The quantitative estimate of drug-likeness (QED) is 0.187. The van der Waals surface area contributed by atoms with E-state index in [4.69, 9.17) is 4.55 Å². The molecule has 0 aromatic carbocycles. The Bertz CT molecular complexity index is 1080. The minimum Gasteiger partial charge on any atom is -0.393 e. The predicted molar refractivity (Wildman–Crippen MR) is 152 cm³/mol. The van der Waals surface area contributed by atoms with E-state index in [-0.39, 0.29) is 65.2 Å². The van der Waals surface area contributed by atoms with Gasteiger partial charge in [0.1, 0.15) is 0 Å². The normalized spacial score (nSPS) is 45.7. The van der Waals surface area contributed by atoms with E-state index in [0.29, 0.717) is 19.3 Å². The molecule has 4 fully saturated rings. The smallest absolute Gasteiger partial charge is 0.266 e. The summed E-state index contributed by atoms with van der Waals surface area (Å²) in [5.74, 6) is -1.53. The van der Waals surface area contributed by atoms with Gasteiger partial charge in [-0.3, -0.25) is 9.35 Å². The van der Waals surface area contributed by atoms with E-state index >= 15 is 0 Å². The number of hydrogen-bond donors (Lipinski definition) is 6. The van der Waals surface area contributed by atoms with Crippen LogP contribution in [0.15, 0.2) is 12.2 Å². The Hall–Kier alpha value is -1.04. The van der Waals surface area contributed by atoms with Crippen molar-refractivity contribution in [2.45, 2.75) is 103 Å². The molecule has 1 amide bonds. The van der Waals surface area contributed by atoms with Gasteiger partial charge in [0.25, 0.3) is 10.1 Å². The molecule has 7 unspecified atom stereocenters. The first kappa shape index (κ1) is 31.9. The second-order valence-electron chi connectivity index (χ2n) is 14.3. The van der Waals surface area contributed by atoms with Crippen molar-refractivity contribution in [3.63, 3.8) is 0 Å². The second kappa shape index (κ2) is 11.2. The lowest BCUT2D eigenvalue weighted by Crippen LogP contribution is -2.68. The van der Waals surface area contributed by atoms with Gasteiger partial charge in [0.2, 0.25) is 5.91 Å². The van der Waals surface area contributed by atoms with E-state index in [1.54, 1.807) is 6.92 Å². The summed E-state index contributed by atoms with van der Waals surface area (Å²) < 4.78 is 30.7. The molecule has 0 radical (unpaired) electrons. The third-order valence-electron chi connectivity index (χ3n) is 12.0. The Morgan fingerprint density at radius 1 is 1.00 bits per heavy atom. The highest BCUT2D eigenvalue weighted by Gasteiger charge is 2.70. The summed E-state index contributed by atoms with van der Waals surface area (Å²) >= 11 is 0. The summed E-state index contributed by atoms with van der Waals surface area (Å²) in [5.41, 5.74) is -1.75. The Balaban J connectivity index is 1.47. The molecule has 0 aromatic rings. The molecule has 4 aliphatic rings. The van der Waals surface area contributed by atoms with Crippen molar-refractivity contribution in [1.29, 1.82) is 0 Å². The van der Waals surface area contributed by atoms with E-state index in [0.717, 1.165) is 19.3 Å². The first-order valence-corrected chi connectivity index (χ1v) is 16.7. The summed E-state index contributed by atoms with van der Waals surface area (Å²) in [5, 5.41) is 48.0. The number of fused-ring (bicyclic) bond motifs is 5. The molecule has 0 bridgehead atoms. The highest BCUT2D eigenvalue weighted by Crippen LogP contribution is 2.69. The van der Waals surface area contributed by atoms with Crippen molar-refractivity contribution in [2.75, 3.05) is 12.3 Å². The lowest BCUT2D eigenvalue weighted by Gasteiger charge is -2.66. The number of amides is 1. The summed E-state index contributed by atoms with van der Waals surface area (Å²) in [6.07, 6.45) is 6.84. The molecule has 13 atom stereocenters. The number of nitrogens with one attached hydrogen (secondary N) is 1. The number of carbonyl (C=O) groups is 1. The molecule has 4 saturated carbocycles. The second-order valence-corrected chi connectivity index (χ2v) is 15.8. The Morgan fingerprint density at radius 3 is 2.30 bits per heavy atom. The molecular formula is C30H51NO8S. The zero-order valence-corrected chi connectivity index (χ0v) is 25.5. The van der Waals surface area contributed by atoms with Crippen LogP contribution in [0.25, 0.3) is 0 Å². The van der Waals surface area contributed by atoms with Gasteiger partial charge in [-0.25, -0.2) is 0 Å². The maximum Gasteiger partial charge on any atom is 0.266 e. The highest BCUT2D eigenvalue weighted by molar-refractivity contribution is 7.85. The number of hydrogen-bond acceptors (Lipinski definition) is 7. The predicted octanol–water partition coefficient (Wildman–Crippen LogP) is 2.53. The number of aliphatic hydroxyl groups is 4. The molecule has 230 valence electrons. The van der Waals surface area contributed by atoms with Crippen LogP contribution in [0.2, 0.25) is 0 Å². The van der Waals surface area contributed by atoms with Gasteiger partial charge >= 0.3 is 0 Å². The van der Waals surface area contributed by atoms with Crippen LogP contribution in [0, 0.1) is 52.3 Å². The molecule has 6 N–H and O–H groups in total. The molecule has 0 aliphatic heterocycles. The Morgan fingerprint density at radius 2 is 1.65 bits per heavy atom. The van der Waals surface area contributed by atoms with Gasteiger partial charge in [0.15, 0.2) is 0 Å².